The standard InChI is InChI=1S/C22H34N4O2.2ClH/c1-2-24-12-14-26(15-13-24)21(27)16-18-8-10-25(11-9-18)22(28)17-20(23)19-6-4-3-5-7-19;;/h3-7,18,20H,2,8-17,23H2,1H3;2*1H. The van der Waals surface area contributed by atoms with Crippen LogP contribution >= 0.6 is 24.8 Å². The first-order valence-corrected chi connectivity index (χ1v) is 10.6. The molecule has 2 aliphatic heterocycles. The van der Waals surface area contributed by atoms with Crippen LogP contribution < -0.4 is 5.73 Å². The van der Waals surface area contributed by atoms with Gasteiger partial charge in [0.25, 0.3) is 0 Å². The van der Waals surface area contributed by atoms with Crippen LogP contribution in [0.2, 0.25) is 0 Å². The second-order valence-corrected chi connectivity index (χ2v) is 8.06. The van der Waals surface area contributed by atoms with E-state index in [0.717, 1.165) is 64.2 Å². The highest BCUT2D eigenvalue weighted by Gasteiger charge is 2.28. The predicted octanol–water partition coefficient (Wildman–Crippen LogP) is 2.71. The van der Waals surface area contributed by atoms with Gasteiger partial charge in [-0.25, -0.2) is 0 Å². The average molecular weight is 459 g/mol. The SMILES string of the molecule is CCN1CCN(C(=O)CC2CCN(C(=O)CC(N)c3ccccc3)CC2)CC1.Cl.Cl. The lowest BCUT2D eigenvalue weighted by molar-refractivity contribution is -0.135. The molecule has 1 unspecified atom stereocenters. The lowest BCUT2D eigenvalue weighted by Crippen LogP contribution is -2.49. The molecule has 0 spiro atoms. The van der Waals surface area contributed by atoms with Crippen LogP contribution in [0.4, 0.5) is 0 Å². The van der Waals surface area contributed by atoms with E-state index in [4.69, 9.17) is 5.73 Å². The van der Waals surface area contributed by atoms with Crippen LogP contribution in [0.1, 0.15) is 44.2 Å². The molecule has 2 N–H and O–H groups in total. The van der Waals surface area contributed by atoms with E-state index < -0.39 is 0 Å². The highest BCUT2D eigenvalue weighted by Crippen LogP contribution is 2.23. The van der Waals surface area contributed by atoms with Gasteiger partial charge in [0.2, 0.25) is 11.8 Å². The van der Waals surface area contributed by atoms with E-state index in [-0.39, 0.29) is 42.7 Å². The number of halogens is 2. The molecule has 0 aromatic heterocycles. The van der Waals surface area contributed by atoms with Gasteiger partial charge in [-0.1, -0.05) is 37.3 Å². The number of rotatable bonds is 6. The summed E-state index contributed by atoms with van der Waals surface area (Å²) in [6, 6.07) is 9.53. The minimum absolute atomic E-state index is 0. The fraction of sp³-hybridized carbons (Fsp3) is 0.636. The second kappa shape index (κ2) is 13.2. The number of likely N-dealkylation sites (N-methyl/N-ethyl adjacent to an activating group) is 1. The van der Waals surface area contributed by atoms with Crippen molar-refractivity contribution in [3.63, 3.8) is 0 Å². The summed E-state index contributed by atoms with van der Waals surface area (Å²) in [4.78, 5) is 31.5. The van der Waals surface area contributed by atoms with Crippen molar-refractivity contribution >= 4 is 36.6 Å². The van der Waals surface area contributed by atoms with E-state index in [1.807, 2.05) is 40.1 Å². The molecule has 2 saturated heterocycles. The maximum Gasteiger partial charge on any atom is 0.224 e. The van der Waals surface area contributed by atoms with Crippen LogP contribution in [0.3, 0.4) is 0 Å². The van der Waals surface area contributed by atoms with Crippen molar-refractivity contribution in [3.8, 4) is 0 Å². The lowest BCUT2D eigenvalue weighted by Gasteiger charge is -2.36. The Morgan fingerprint density at radius 3 is 2.07 bits per heavy atom. The van der Waals surface area contributed by atoms with Crippen molar-refractivity contribution in [1.82, 2.24) is 14.7 Å². The number of hydrogen-bond acceptors (Lipinski definition) is 4. The molecule has 2 heterocycles. The van der Waals surface area contributed by atoms with Crippen molar-refractivity contribution in [1.29, 1.82) is 0 Å². The number of piperidine rings is 1. The van der Waals surface area contributed by atoms with Gasteiger partial charge < -0.3 is 20.4 Å². The minimum Gasteiger partial charge on any atom is -0.343 e. The minimum atomic E-state index is -0.255. The molecule has 2 fully saturated rings. The summed E-state index contributed by atoms with van der Waals surface area (Å²) in [5.74, 6) is 0.798. The highest BCUT2D eigenvalue weighted by atomic mass is 35.5. The summed E-state index contributed by atoms with van der Waals surface area (Å²) in [5.41, 5.74) is 7.20. The topological polar surface area (TPSA) is 69.9 Å². The van der Waals surface area contributed by atoms with Gasteiger partial charge >= 0.3 is 0 Å². The Balaban J connectivity index is 0.00000225. The summed E-state index contributed by atoms with van der Waals surface area (Å²) in [6.07, 6.45) is 2.78. The molecule has 3 rings (SSSR count). The Kier molecular flexibility index (Phi) is 11.7. The van der Waals surface area contributed by atoms with Crippen molar-refractivity contribution in [2.24, 2.45) is 11.7 Å². The average Bonchev–Trinajstić information content (AvgIpc) is 2.74. The molecule has 2 aliphatic rings. The van der Waals surface area contributed by atoms with Gasteiger partial charge in [-0.3, -0.25) is 9.59 Å². The van der Waals surface area contributed by atoms with Gasteiger partial charge in [-0.2, -0.15) is 0 Å². The Hall–Kier alpha value is -1.34. The fourth-order valence-corrected chi connectivity index (χ4v) is 4.21. The van der Waals surface area contributed by atoms with Crippen molar-refractivity contribution in [3.05, 3.63) is 35.9 Å². The van der Waals surface area contributed by atoms with E-state index in [2.05, 4.69) is 11.8 Å². The summed E-state index contributed by atoms with van der Waals surface area (Å²) in [5, 5.41) is 0. The first kappa shape index (κ1) is 26.7. The third-order valence-corrected chi connectivity index (χ3v) is 6.23. The second-order valence-electron chi connectivity index (χ2n) is 8.06. The molecule has 6 nitrogen and oxygen atoms in total. The van der Waals surface area contributed by atoms with Gasteiger partial charge in [0.15, 0.2) is 0 Å². The number of likely N-dealkylation sites (tertiary alicyclic amines) is 1. The number of nitrogens with two attached hydrogens (primary N) is 1. The fourth-order valence-electron chi connectivity index (χ4n) is 4.21. The molecule has 2 amide bonds. The van der Waals surface area contributed by atoms with Crippen LogP contribution in [0.5, 0.6) is 0 Å². The lowest BCUT2D eigenvalue weighted by atomic mass is 9.92. The van der Waals surface area contributed by atoms with Gasteiger partial charge in [-0.05, 0) is 30.9 Å². The molecular weight excluding hydrogens is 423 g/mol. The van der Waals surface area contributed by atoms with Crippen molar-refractivity contribution in [2.75, 3.05) is 45.8 Å². The monoisotopic (exact) mass is 458 g/mol. The smallest absolute Gasteiger partial charge is 0.224 e. The third kappa shape index (κ3) is 7.41. The van der Waals surface area contributed by atoms with Crippen LogP contribution in [-0.2, 0) is 9.59 Å². The molecule has 0 aliphatic carbocycles. The normalized spacial score (nSPS) is 18.9. The zero-order chi connectivity index (χ0) is 19.9. The number of amides is 2. The molecule has 0 bridgehead atoms. The van der Waals surface area contributed by atoms with Crippen molar-refractivity contribution in [2.45, 2.75) is 38.6 Å². The maximum atomic E-state index is 12.6. The third-order valence-electron chi connectivity index (χ3n) is 6.23. The molecule has 1 aromatic carbocycles. The first-order valence-electron chi connectivity index (χ1n) is 10.6. The van der Waals surface area contributed by atoms with E-state index >= 15 is 0 Å². The quantitative estimate of drug-likeness (QED) is 0.711. The molecule has 1 atom stereocenters. The van der Waals surface area contributed by atoms with E-state index in [1.165, 1.54) is 0 Å². The Labute approximate surface area is 193 Å². The maximum absolute atomic E-state index is 12.6. The van der Waals surface area contributed by atoms with Gasteiger partial charge in [-0.15, -0.1) is 24.8 Å². The molecule has 0 saturated carbocycles. The summed E-state index contributed by atoms with van der Waals surface area (Å²) in [6.45, 7) is 8.36. The molecule has 1 aromatic rings. The summed E-state index contributed by atoms with van der Waals surface area (Å²) in [7, 11) is 0. The van der Waals surface area contributed by atoms with Crippen LogP contribution in [0.15, 0.2) is 30.3 Å². The Morgan fingerprint density at radius 1 is 0.933 bits per heavy atom. The number of benzene rings is 1. The van der Waals surface area contributed by atoms with E-state index in [9.17, 15) is 9.59 Å². The summed E-state index contributed by atoms with van der Waals surface area (Å²) < 4.78 is 0. The number of nitrogens with zero attached hydrogens (tertiary/aromatic N) is 3. The number of carbonyl (C=O) groups excluding carboxylic acids is 2. The first-order chi connectivity index (χ1) is 13.6. The zero-order valence-corrected chi connectivity index (χ0v) is 19.5. The zero-order valence-electron chi connectivity index (χ0n) is 17.9. The van der Waals surface area contributed by atoms with Crippen molar-refractivity contribution < 1.29 is 9.59 Å². The number of carbonyl (C=O) groups is 2. The molecule has 30 heavy (non-hydrogen) atoms. The molecule has 0 radical (unpaired) electrons. The van der Waals surface area contributed by atoms with Gasteiger partial charge in [0, 0.05) is 58.2 Å². The van der Waals surface area contributed by atoms with E-state index in [0.29, 0.717) is 18.8 Å². The highest BCUT2D eigenvalue weighted by molar-refractivity contribution is 5.85. The van der Waals surface area contributed by atoms with Crippen LogP contribution in [0, 0.1) is 5.92 Å². The van der Waals surface area contributed by atoms with Crippen LogP contribution in [0.25, 0.3) is 0 Å². The Morgan fingerprint density at radius 2 is 1.50 bits per heavy atom. The number of hydrogen-bond donors (Lipinski definition) is 1. The van der Waals surface area contributed by atoms with Gasteiger partial charge in [0.1, 0.15) is 0 Å². The molecule has 170 valence electrons. The number of piperazine rings is 1. The largest absolute Gasteiger partial charge is 0.343 e. The van der Waals surface area contributed by atoms with Crippen LogP contribution in [-0.4, -0.2) is 72.3 Å². The summed E-state index contributed by atoms with van der Waals surface area (Å²) >= 11 is 0. The molecular formula is C22H36Cl2N4O2. The predicted molar refractivity (Wildman–Crippen MR) is 125 cm³/mol. The molecule has 8 heteroatoms. The van der Waals surface area contributed by atoms with E-state index in [1.54, 1.807) is 0 Å². The van der Waals surface area contributed by atoms with Gasteiger partial charge in [0.05, 0.1) is 0 Å². The Bertz CT molecular complexity index is 646.